The van der Waals surface area contributed by atoms with Gasteiger partial charge in [-0.05, 0) is 54.7 Å². The fourth-order valence-electron chi connectivity index (χ4n) is 4.45. The van der Waals surface area contributed by atoms with E-state index in [1.54, 1.807) is 39.3 Å². The minimum Gasteiger partial charge on any atom is -0.337 e. The molecule has 33 heavy (non-hydrogen) atoms. The third-order valence-electron chi connectivity index (χ3n) is 6.00. The summed E-state index contributed by atoms with van der Waals surface area (Å²) in [5, 5.41) is 4.37. The molecular formula is C25H30N4O3S. The molecule has 1 saturated heterocycles. The molecule has 1 fully saturated rings. The summed E-state index contributed by atoms with van der Waals surface area (Å²) < 4.78 is 29.5. The van der Waals surface area contributed by atoms with Crippen molar-refractivity contribution >= 4 is 15.9 Å². The first kappa shape index (κ1) is 23.2. The Morgan fingerprint density at radius 1 is 1.03 bits per heavy atom. The molecular weight excluding hydrogens is 436 g/mol. The molecule has 0 saturated carbocycles. The molecule has 2 heterocycles. The van der Waals surface area contributed by atoms with Crippen molar-refractivity contribution in [3.8, 4) is 5.69 Å². The maximum atomic E-state index is 13.1. The van der Waals surface area contributed by atoms with Crippen molar-refractivity contribution in [3.05, 3.63) is 78.1 Å². The summed E-state index contributed by atoms with van der Waals surface area (Å²) >= 11 is 0. The molecule has 1 aliphatic rings. The van der Waals surface area contributed by atoms with Crippen LogP contribution in [0.4, 0.5) is 0 Å². The maximum absolute atomic E-state index is 13.1. The Morgan fingerprint density at radius 3 is 2.30 bits per heavy atom. The second kappa shape index (κ2) is 9.49. The molecule has 0 radical (unpaired) electrons. The van der Waals surface area contributed by atoms with Gasteiger partial charge in [0.25, 0.3) is 5.91 Å². The van der Waals surface area contributed by atoms with Gasteiger partial charge in [-0.2, -0.15) is 9.40 Å². The number of amides is 1. The van der Waals surface area contributed by atoms with E-state index in [1.807, 2.05) is 36.5 Å². The Balaban J connectivity index is 1.43. The first-order valence-electron chi connectivity index (χ1n) is 11.2. The highest BCUT2D eigenvalue weighted by atomic mass is 32.2. The number of piperidine rings is 1. The quantitative estimate of drug-likeness (QED) is 0.554. The fraction of sp³-hybridized carbons (Fsp3) is 0.360. The van der Waals surface area contributed by atoms with Crippen LogP contribution < -0.4 is 0 Å². The van der Waals surface area contributed by atoms with Gasteiger partial charge >= 0.3 is 0 Å². The van der Waals surface area contributed by atoms with Crippen molar-refractivity contribution < 1.29 is 13.2 Å². The van der Waals surface area contributed by atoms with E-state index >= 15 is 0 Å². The molecule has 2 aromatic carbocycles. The molecule has 1 aliphatic heterocycles. The van der Waals surface area contributed by atoms with E-state index in [9.17, 15) is 13.2 Å². The molecule has 3 aromatic rings. The zero-order chi connectivity index (χ0) is 23.6. The zero-order valence-corrected chi connectivity index (χ0v) is 20.1. The van der Waals surface area contributed by atoms with Gasteiger partial charge in [0, 0.05) is 44.0 Å². The van der Waals surface area contributed by atoms with E-state index in [2.05, 4.69) is 18.9 Å². The number of hydrogen-bond acceptors (Lipinski definition) is 4. The van der Waals surface area contributed by atoms with Crippen molar-refractivity contribution in [3.63, 3.8) is 0 Å². The summed E-state index contributed by atoms with van der Waals surface area (Å²) in [6.07, 6.45) is 4.68. The highest BCUT2D eigenvalue weighted by molar-refractivity contribution is 7.89. The van der Waals surface area contributed by atoms with Gasteiger partial charge in [-0.3, -0.25) is 4.79 Å². The predicted molar refractivity (Wildman–Crippen MR) is 128 cm³/mol. The van der Waals surface area contributed by atoms with E-state index in [0.29, 0.717) is 37.0 Å². The standard InChI is InChI=1S/C25H30N4O3S/c1-19-13-20(2)16-28(15-19)33(31,32)24-11-9-22(10-12-24)25(30)27(3)17-21-14-26-29(18-21)23-7-5-4-6-8-23/h4-12,14,18-20H,13,15-17H2,1-3H3. The number of carbonyl (C=O) groups excluding carboxylic acids is 1. The largest absolute Gasteiger partial charge is 0.337 e. The van der Waals surface area contributed by atoms with Crippen LogP contribution in [0.5, 0.6) is 0 Å². The Labute approximate surface area is 195 Å². The van der Waals surface area contributed by atoms with Crippen LogP contribution in [0.1, 0.15) is 36.2 Å². The highest BCUT2D eigenvalue weighted by Gasteiger charge is 2.31. The highest BCUT2D eigenvalue weighted by Crippen LogP contribution is 2.27. The molecule has 2 unspecified atom stereocenters. The first-order chi connectivity index (χ1) is 15.7. The number of nitrogens with zero attached hydrogens (tertiary/aromatic N) is 4. The van der Waals surface area contributed by atoms with Crippen LogP contribution in [0.3, 0.4) is 0 Å². The topological polar surface area (TPSA) is 75.5 Å². The van der Waals surface area contributed by atoms with Crippen LogP contribution in [0.2, 0.25) is 0 Å². The molecule has 8 heteroatoms. The number of para-hydroxylation sites is 1. The Morgan fingerprint density at radius 2 is 1.67 bits per heavy atom. The average Bonchev–Trinajstić information content (AvgIpc) is 3.27. The van der Waals surface area contributed by atoms with Gasteiger partial charge < -0.3 is 4.90 Å². The molecule has 0 bridgehead atoms. The number of carbonyl (C=O) groups is 1. The summed E-state index contributed by atoms with van der Waals surface area (Å²) in [7, 11) is -1.84. The van der Waals surface area contributed by atoms with Crippen LogP contribution in [0, 0.1) is 11.8 Å². The molecule has 174 valence electrons. The Bertz CT molecular complexity index is 1200. The van der Waals surface area contributed by atoms with Crippen molar-refractivity contribution in [1.82, 2.24) is 19.0 Å². The van der Waals surface area contributed by atoms with Crippen LogP contribution in [-0.2, 0) is 16.6 Å². The summed E-state index contributed by atoms with van der Waals surface area (Å²) in [4.78, 5) is 14.7. The number of hydrogen-bond donors (Lipinski definition) is 0. The second-order valence-electron chi connectivity index (χ2n) is 9.08. The fourth-order valence-corrected chi connectivity index (χ4v) is 6.13. The molecule has 7 nitrogen and oxygen atoms in total. The minimum absolute atomic E-state index is 0.174. The summed E-state index contributed by atoms with van der Waals surface area (Å²) in [5.74, 6) is 0.500. The van der Waals surface area contributed by atoms with Crippen molar-refractivity contribution in [2.24, 2.45) is 11.8 Å². The normalized spacial score (nSPS) is 19.4. The van der Waals surface area contributed by atoms with Gasteiger partial charge in [-0.15, -0.1) is 0 Å². The Hall–Kier alpha value is -2.97. The zero-order valence-electron chi connectivity index (χ0n) is 19.3. The summed E-state index contributed by atoms with van der Waals surface area (Å²) in [6, 6.07) is 16.0. The SMILES string of the molecule is CC1CC(C)CN(S(=O)(=O)c2ccc(C(=O)N(C)Cc3cnn(-c4ccccc4)c3)cc2)C1. The van der Waals surface area contributed by atoms with Gasteiger partial charge in [0.15, 0.2) is 0 Å². The lowest BCUT2D eigenvalue weighted by Gasteiger charge is -2.34. The number of rotatable bonds is 6. The predicted octanol–water partition coefficient (Wildman–Crippen LogP) is 3.81. The molecule has 1 amide bonds. The number of aromatic nitrogens is 2. The number of sulfonamides is 1. The second-order valence-corrected chi connectivity index (χ2v) is 11.0. The maximum Gasteiger partial charge on any atom is 0.253 e. The van der Waals surface area contributed by atoms with Crippen molar-refractivity contribution in [1.29, 1.82) is 0 Å². The first-order valence-corrected chi connectivity index (χ1v) is 12.6. The van der Waals surface area contributed by atoms with Crippen LogP contribution >= 0.6 is 0 Å². The van der Waals surface area contributed by atoms with Gasteiger partial charge in [0.2, 0.25) is 10.0 Å². The van der Waals surface area contributed by atoms with Gasteiger partial charge in [0.1, 0.15) is 0 Å². The molecule has 4 rings (SSSR count). The Kier molecular flexibility index (Phi) is 6.67. The lowest BCUT2D eigenvalue weighted by atomic mass is 9.94. The monoisotopic (exact) mass is 466 g/mol. The third kappa shape index (κ3) is 5.17. The van der Waals surface area contributed by atoms with Gasteiger partial charge in [-0.1, -0.05) is 32.0 Å². The molecule has 0 spiro atoms. The smallest absolute Gasteiger partial charge is 0.253 e. The van der Waals surface area contributed by atoms with E-state index in [1.165, 1.54) is 12.1 Å². The lowest BCUT2D eigenvalue weighted by Crippen LogP contribution is -2.42. The molecule has 0 N–H and O–H groups in total. The van der Waals surface area contributed by atoms with Crippen LogP contribution in [-0.4, -0.2) is 53.4 Å². The van der Waals surface area contributed by atoms with Crippen molar-refractivity contribution in [2.45, 2.75) is 31.7 Å². The third-order valence-corrected chi connectivity index (χ3v) is 7.84. The van der Waals surface area contributed by atoms with E-state index in [0.717, 1.165) is 17.7 Å². The molecule has 2 atom stereocenters. The van der Waals surface area contributed by atoms with E-state index in [4.69, 9.17) is 0 Å². The van der Waals surface area contributed by atoms with Crippen LogP contribution in [0.25, 0.3) is 5.69 Å². The minimum atomic E-state index is -3.57. The lowest BCUT2D eigenvalue weighted by molar-refractivity contribution is 0.0785. The summed E-state index contributed by atoms with van der Waals surface area (Å²) in [5.41, 5.74) is 2.31. The van der Waals surface area contributed by atoms with E-state index in [-0.39, 0.29) is 10.8 Å². The molecule has 1 aromatic heterocycles. The van der Waals surface area contributed by atoms with Gasteiger partial charge in [0.05, 0.1) is 16.8 Å². The van der Waals surface area contributed by atoms with Gasteiger partial charge in [-0.25, -0.2) is 13.1 Å². The van der Waals surface area contributed by atoms with E-state index < -0.39 is 10.0 Å². The average molecular weight is 467 g/mol. The summed E-state index contributed by atoms with van der Waals surface area (Å²) in [6.45, 7) is 5.63. The number of benzene rings is 2. The molecule has 0 aliphatic carbocycles. The van der Waals surface area contributed by atoms with Crippen molar-refractivity contribution in [2.75, 3.05) is 20.1 Å². The van der Waals surface area contributed by atoms with Crippen LogP contribution in [0.15, 0.2) is 71.9 Å².